The van der Waals surface area contributed by atoms with Gasteiger partial charge in [0, 0.05) is 17.3 Å². The average molecular weight is 263 g/mol. The fourth-order valence-corrected chi connectivity index (χ4v) is 1.37. The number of hydrogen-bond donors (Lipinski definition) is 3. The lowest BCUT2D eigenvalue weighted by atomic mass is 10.0. The zero-order valence-electron chi connectivity index (χ0n) is 9.51. The molecule has 0 spiro atoms. The van der Waals surface area contributed by atoms with Crippen LogP contribution in [0.15, 0.2) is 6.20 Å². The second-order valence-electron chi connectivity index (χ2n) is 3.29. The molecule has 0 saturated carbocycles. The van der Waals surface area contributed by atoms with Crippen molar-refractivity contribution in [1.82, 2.24) is 4.98 Å². The molecule has 0 aliphatic heterocycles. The molecule has 1 aromatic rings. The van der Waals surface area contributed by atoms with Crippen molar-refractivity contribution >= 4 is 18.4 Å². The zero-order chi connectivity index (χ0) is 12.3. The molecule has 0 saturated heterocycles. The molecule has 0 aliphatic carbocycles. The number of ether oxygens (including phenoxy) is 1. The Labute approximate surface area is 105 Å². The second-order valence-corrected chi connectivity index (χ2v) is 3.29. The van der Waals surface area contributed by atoms with E-state index in [1.807, 2.05) is 0 Å². The fourth-order valence-electron chi connectivity index (χ4n) is 1.37. The molecule has 0 amide bonds. The maximum Gasteiger partial charge on any atom is 0.327 e. The molecule has 96 valence electrons. The molecule has 0 radical (unpaired) electrons. The standard InChI is InChI=1S/C10H14N2O4.ClH/c1-5-9(14)7(6(4-13)3-12-5)8(11)10(15)16-2;/h3,8,13-14H,4,11H2,1-2H3;1H/t8-;/m1./s1. The Kier molecular flexibility index (Phi) is 5.87. The smallest absolute Gasteiger partial charge is 0.327 e. The first-order valence-corrected chi connectivity index (χ1v) is 4.64. The number of aromatic hydroxyl groups is 1. The molecular weight excluding hydrogens is 248 g/mol. The summed E-state index contributed by atoms with van der Waals surface area (Å²) >= 11 is 0. The summed E-state index contributed by atoms with van der Waals surface area (Å²) in [6.45, 7) is 1.21. The third-order valence-electron chi connectivity index (χ3n) is 2.29. The minimum Gasteiger partial charge on any atom is -0.506 e. The van der Waals surface area contributed by atoms with E-state index >= 15 is 0 Å². The van der Waals surface area contributed by atoms with Crippen molar-refractivity contribution in [3.8, 4) is 5.75 Å². The third kappa shape index (κ3) is 3.06. The topological polar surface area (TPSA) is 106 Å². The molecule has 7 heteroatoms. The van der Waals surface area contributed by atoms with Crippen molar-refractivity contribution in [2.75, 3.05) is 7.11 Å². The zero-order valence-corrected chi connectivity index (χ0v) is 10.3. The van der Waals surface area contributed by atoms with Crippen LogP contribution in [-0.4, -0.2) is 28.3 Å². The van der Waals surface area contributed by atoms with E-state index in [9.17, 15) is 9.90 Å². The Hall–Kier alpha value is -1.37. The van der Waals surface area contributed by atoms with Gasteiger partial charge in [-0.3, -0.25) is 9.78 Å². The van der Waals surface area contributed by atoms with Gasteiger partial charge in [0.25, 0.3) is 0 Å². The predicted molar refractivity (Wildman–Crippen MR) is 62.8 cm³/mol. The van der Waals surface area contributed by atoms with Crippen LogP contribution in [0.5, 0.6) is 5.75 Å². The fraction of sp³-hybridized carbons (Fsp3) is 0.400. The molecule has 17 heavy (non-hydrogen) atoms. The average Bonchev–Trinajstić information content (AvgIpc) is 2.30. The van der Waals surface area contributed by atoms with Crippen LogP contribution >= 0.6 is 12.4 Å². The monoisotopic (exact) mass is 262 g/mol. The number of esters is 1. The summed E-state index contributed by atoms with van der Waals surface area (Å²) in [5.41, 5.74) is 6.42. The number of nitrogens with two attached hydrogens (primary N) is 1. The van der Waals surface area contributed by atoms with Crippen molar-refractivity contribution in [2.24, 2.45) is 5.73 Å². The SMILES string of the molecule is COC(=O)[C@H](N)c1c(CO)cnc(C)c1O.Cl. The van der Waals surface area contributed by atoms with Gasteiger partial charge >= 0.3 is 5.97 Å². The van der Waals surface area contributed by atoms with E-state index in [0.717, 1.165) is 0 Å². The number of rotatable bonds is 3. The number of nitrogens with zero attached hydrogens (tertiary/aromatic N) is 1. The molecule has 6 nitrogen and oxygen atoms in total. The molecule has 1 aromatic heterocycles. The quantitative estimate of drug-likeness (QED) is 0.671. The van der Waals surface area contributed by atoms with Crippen LogP contribution in [-0.2, 0) is 16.1 Å². The van der Waals surface area contributed by atoms with Crippen LogP contribution in [0.4, 0.5) is 0 Å². The van der Waals surface area contributed by atoms with Gasteiger partial charge < -0.3 is 20.7 Å². The van der Waals surface area contributed by atoms with Crippen LogP contribution in [0, 0.1) is 6.92 Å². The Morgan fingerprint density at radius 3 is 2.71 bits per heavy atom. The largest absolute Gasteiger partial charge is 0.506 e. The van der Waals surface area contributed by atoms with E-state index in [4.69, 9.17) is 10.8 Å². The first kappa shape index (κ1) is 15.6. The number of methoxy groups -OCH3 is 1. The predicted octanol–water partition coefficient (Wildman–Crippen LogP) is 0.183. The van der Waals surface area contributed by atoms with Gasteiger partial charge in [0.1, 0.15) is 11.8 Å². The molecule has 0 aromatic carbocycles. The van der Waals surface area contributed by atoms with Gasteiger partial charge in [-0.2, -0.15) is 0 Å². The number of halogens is 1. The number of hydrogen-bond acceptors (Lipinski definition) is 6. The first-order valence-electron chi connectivity index (χ1n) is 4.64. The second kappa shape index (κ2) is 6.39. The third-order valence-corrected chi connectivity index (χ3v) is 2.29. The van der Waals surface area contributed by atoms with Gasteiger partial charge in [-0.05, 0) is 6.92 Å². The molecule has 1 heterocycles. The summed E-state index contributed by atoms with van der Waals surface area (Å²) in [4.78, 5) is 15.1. The first-order chi connectivity index (χ1) is 7.52. The molecule has 0 fully saturated rings. The van der Waals surface area contributed by atoms with Crippen LogP contribution in [0.25, 0.3) is 0 Å². The van der Waals surface area contributed by atoms with Gasteiger partial charge in [0.05, 0.1) is 19.4 Å². The summed E-state index contributed by atoms with van der Waals surface area (Å²) < 4.78 is 4.48. The minimum absolute atomic E-state index is 0. The van der Waals surface area contributed by atoms with Crippen molar-refractivity contribution in [1.29, 1.82) is 0 Å². The van der Waals surface area contributed by atoms with Crippen molar-refractivity contribution in [2.45, 2.75) is 19.6 Å². The highest BCUT2D eigenvalue weighted by Gasteiger charge is 2.24. The van der Waals surface area contributed by atoms with Crippen LogP contribution < -0.4 is 5.73 Å². The van der Waals surface area contributed by atoms with Crippen LogP contribution in [0.1, 0.15) is 22.9 Å². The van der Waals surface area contributed by atoms with Crippen molar-refractivity contribution in [3.05, 3.63) is 23.0 Å². The van der Waals surface area contributed by atoms with E-state index in [0.29, 0.717) is 11.3 Å². The molecule has 4 N–H and O–H groups in total. The lowest BCUT2D eigenvalue weighted by molar-refractivity contribution is -0.142. The number of carbonyl (C=O) groups is 1. The summed E-state index contributed by atoms with van der Waals surface area (Å²) in [5, 5.41) is 18.8. The molecule has 1 atom stereocenters. The number of carbonyl (C=O) groups excluding carboxylic acids is 1. The van der Waals surface area contributed by atoms with E-state index in [-0.39, 0.29) is 30.3 Å². The highest BCUT2D eigenvalue weighted by atomic mass is 35.5. The molecule has 1 rings (SSSR count). The maximum absolute atomic E-state index is 11.3. The minimum atomic E-state index is -1.13. The van der Waals surface area contributed by atoms with Gasteiger partial charge in [-0.1, -0.05) is 0 Å². The lowest BCUT2D eigenvalue weighted by Crippen LogP contribution is -2.24. The van der Waals surface area contributed by atoms with Gasteiger partial charge in [0.2, 0.25) is 0 Å². The van der Waals surface area contributed by atoms with Crippen molar-refractivity contribution in [3.63, 3.8) is 0 Å². The summed E-state index contributed by atoms with van der Waals surface area (Å²) in [6, 6.07) is -1.13. The number of aliphatic hydroxyl groups excluding tert-OH is 1. The number of pyridine rings is 1. The van der Waals surface area contributed by atoms with Crippen LogP contribution in [0.3, 0.4) is 0 Å². The maximum atomic E-state index is 11.3. The highest BCUT2D eigenvalue weighted by Crippen LogP contribution is 2.29. The number of aromatic nitrogens is 1. The molecule has 0 bridgehead atoms. The van der Waals surface area contributed by atoms with Gasteiger partial charge in [0.15, 0.2) is 0 Å². The van der Waals surface area contributed by atoms with Crippen LogP contribution in [0.2, 0.25) is 0 Å². The number of aryl methyl sites for hydroxylation is 1. The Morgan fingerprint density at radius 2 is 2.24 bits per heavy atom. The van der Waals surface area contributed by atoms with Gasteiger partial charge in [-0.15, -0.1) is 12.4 Å². The van der Waals surface area contributed by atoms with E-state index in [1.165, 1.54) is 13.3 Å². The van der Waals surface area contributed by atoms with E-state index in [2.05, 4.69) is 9.72 Å². The highest BCUT2D eigenvalue weighted by molar-refractivity contribution is 5.85. The Morgan fingerprint density at radius 1 is 1.65 bits per heavy atom. The molecule has 0 aliphatic rings. The van der Waals surface area contributed by atoms with E-state index in [1.54, 1.807) is 6.92 Å². The summed E-state index contributed by atoms with van der Waals surface area (Å²) in [6.07, 6.45) is 1.37. The summed E-state index contributed by atoms with van der Waals surface area (Å²) in [7, 11) is 1.20. The molecular formula is C10H15ClN2O4. The Bertz CT molecular complexity index is 412. The Balaban J connectivity index is 0.00000256. The molecule has 0 unspecified atom stereocenters. The van der Waals surface area contributed by atoms with Crippen molar-refractivity contribution < 1.29 is 19.7 Å². The van der Waals surface area contributed by atoms with E-state index < -0.39 is 12.0 Å². The number of aliphatic hydroxyl groups is 1. The van der Waals surface area contributed by atoms with Gasteiger partial charge in [-0.25, -0.2) is 0 Å². The normalized spacial score (nSPS) is 11.5. The lowest BCUT2D eigenvalue weighted by Gasteiger charge is -2.15. The summed E-state index contributed by atoms with van der Waals surface area (Å²) in [5.74, 6) is -0.875.